The van der Waals surface area contributed by atoms with Gasteiger partial charge in [0, 0.05) is 17.3 Å². The molecule has 1 heterocycles. The summed E-state index contributed by atoms with van der Waals surface area (Å²) in [6.45, 7) is 0.610. The minimum atomic E-state index is -4.16. The molecule has 1 aromatic rings. The highest BCUT2D eigenvalue weighted by atomic mass is 35.5. The summed E-state index contributed by atoms with van der Waals surface area (Å²) < 4.78 is 38.3. The molecule has 100 valence electrons. The van der Waals surface area contributed by atoms with Gasteiger partial charge < -0.3 is 5.32 Å². The molecule has 1 aromatic carbocycles. The molecular weight excluding hydrogens is 291 g/mol. The van der Waals surface area contributed by atoms with E-state index in [4.69, 9.17) is 16.9 Å². The van der Waals surface area contributed by atoms with Gasteiger partial charge in [-0.05, 0) is 31.0 Å². The monoisotopic (exact) mass is 300 g/mol. The van der Waals surface area contributed by atoms with Gasteiger partial charge in [0.05, 0.1) is 0 Å². The van der Waals surface area contributed by atoms with E-state index in [1.807, 2.05) is 0 Å². The number of benzene rings is 1. The van der Waals surface area contributed by atoms with Crippen LogP contribution in [0.2, 0.25) is 5.02 Å². The highest BCUT2D eigenvalue weighted by molar-refractivity contribution is 7.95. The first kappa shape index (κ1) is 13.8. The van der Waals surface area contributed by atoms with Crippen LogP contribution in [-0.4, -0.2) is 15.0 Å². The molecule has 0 atom stereocenters. The molecule has 0 aromatic heterocycles. The maximum absolute atomic E-state index is 13.7. The molecule has 19 heavy (non-hydrogen) atoms. The molecule has 0 spiro atoms. The fraction of sp³-hybridized carbons (Fsp3) is 0.250. The summed E-state index contributed by atoms with van der Waals surface area (Å²) >= 11 is 5.58. The van der Waals surface area contributed by atoms with E-state index in [2.05, 4.69) is 5.32 Å². The predicted molar refractivity (Wildman–Crippen MR) is 68.5 cm³/mol. The zero-order chi connectivity index (χ0) is 14.0. The summed E-state index contributed by atoms with van der Waals surface area (Å²) in [5, 5.41) is 12.0. The van der Waals surface area contributed by atoms with Crippen molar-refractivity contribution in [1.29, 1.82) is 5.26 Å². The first-order valence-corrected chi connectivity index (χ1v) is 7.40. The van der Waals surface area contributed by atoms with Crippen molar-refractivity contribution in [2.75, 3.05) is 6.54 Å². The summed E-state index contributed by atoms with van der Waals surface area (Å²) in [6.07, 6.45) is 1.22. The van der Waals surface area contributed by atoms with Crippen LogP contribution in [0.1, 0.15) is 12.8 Å². The number of sulfone groups is 1. The van der Waals surface area contributed by atoms with E-state index < -0.39 is 25.5 Å². The van der Waals surface area contributed by atoms with E-state index in [1.54, 1.807) is 6.07 Å². The van der Waals surface area contributed by atoms with Gasteiger partial charge in [0.2, 0.25) is 9.84 Å². The maximum atomic E-state index is 13.7. The number of rotatable bonds is 2. The molecule has 1 N–H and O–H groups in total. The Labute approximate surface area is 115 Å². The first-order valence-electron chi connectivity index (χ1n) is 5.54. The minimum absolute atomic E-state index is 0.0987. The van der Waals surface area contributed by atoms with Gasteiger partial charge in [0.1, 0.15) is 16.8 Å². The van der Waals surface area contributed by atoms with E-state index in [-0.39, 0.29) is 5.02 Å². The number of halogens is 2. The van der Waals surface area contributed by atoms with Crippen LogP contribution in [0.25, 0.3) is 0 Å². The largest absolute Gasteiger partial charge is 0.387 e. The summed E-state index contributed by atoms with van der Waals surface area (Å²) in [4.78, 5) is -0.958. The third-order valence-corrected chi connectivity index (χ3v) is 4.79. The smallest absolute Gasteiger partial charge is 0.221 e. The summed E-state index contributed by atoms with van der Waals surface area (Å²) in [5.41, 5.74) is 0.344. The number of nitrogens with one attached hydrogen (secondary N) is 1. The molecule has 1 aliphatic heterocycles. The Balaban J connectivity index is 2.59. The molecule has 1 saturated heterocycles. The molecule has 0 radical (unpaired) electrons. The lowest BCUT2D eigenvalue weighted by Gasteiger charge is -2.07. The molecule has 7 heteroatoms. The normalized spacial score (nSPS) is 17.7. The molecule has 0 amide bonds. The van der Waals surface area contributed by atoms with Gasteiger partial charge in [0.15, 0.2) is 4.91 Å². The lowest BCUT2D eigenvalue weighted by molar-refractivity contribution is 0.571. The maximum Gasteiger partial charge on any atom is 0.221 e. The van der Waals surface area contributed by atoms with Crippen molar-refractivity contribution in [2.45, 2.75) is 17.7 Å². The van der Waals surface area contributed by atoms with E-state index >= 15 is 0 Å². The van der Waals surface area contributed by atoms with Gasteiger partial charge in [-0.25, -0.2) is 12.8 Å². The fourth-order valence-electron chi connectivity index (χ4n) is 1.88. The van der Waals surface area contributed by atoms with E-state index in [0.29, 0.717) is 18.7 Å². The van der Waals surface area contributed by atoms with Gasteiger partial charge in [-0.2, -0.15) is 5.26 Å². The first-order chi connectivity index (χ1) is 8.96. The average molecular weight is 301 g/mol. The summed E-state index contributed by atoms with van der Waals surface area (Å²) in [7, 11) is -4.16. The van der Waals surface area contributed by atoms with Crippen molar-refractivity contribution in [3.8, 4) is 6.07 Å². The van der Waals surface area contributed by atoms with Crippen LogP contribution in [0.15, 0.2) is 33.7 Å². The van der Waals surface area contributed by atoms with Crippen molar-refractivity contribution < 1.29 is 12.8 Å². The van der Waals surface area contributed by atoms with Gasteiger partial charge in [0.25, 0.3) is 0 Å². The molecule has 0 aliphatic carbocycles. The molecule has 2 rings (SSSR count). The van der Waals surface area contributed by atoms with E-state index in [1.165, 1.54) is 6.07 Å². The molecular formula is C12H10ClFN2O2S. The molecule has 4 nitrogen and oxygen atoms in total. The van der Waals surface area contributed by atoms with Crippen molar-refractivity contribution >= 4 is 21.4 Å². The zero-order valence-electron chi connectivity index (χ0n) is 9.78. The number of allylic oxidation sites excluding steroid dienone is 2. The van der Waals surface area contributed by atoms with Crippen LogP contribution in [0.4, 0.5) is 4.39 Å². The van der Waals surface area contributed by atoms with Crippen molar-refractivity contribution in [2.24, 2.45) is 0 Å². The van der Waals surface area contributed by atoms with Crippen molar-refractivity contribution in [1.82, 2.24) is 5.32 Å². The van der Waals surface area contributed by atoms with Crippen LogP contribution in [0.3, 0.4) is 0 Å². The van der Waals surface area contributed by atoms with Crippen LogP contribution in [0.5, 0.6) is 0 Å². The Morgan fingerprint density at radius 1 is 1.47 bits per heavy atom. The number of nitriles is 1. The van der Waals surface area contributed by atoms with Crippen LogP contribution in [0, 0.1) is 17.1 Å². The minimum Gasteiger partial charge on any atom is -0.387 e. The third-order valence-electron chi connectivity index (χ3n) is 2.77. The van der Waals surface area contributed by atoms with Gasteiger partial charge in [-0.1, -0.05) is 11.6 Å². The number of hydrogen-bond acceptors (Lipinski definition) is 4. The number of hydrogen-bond donors (Lipinski definition) is 1. The molecule has 0 bridgehead atoms. The quantitative estimate of drug-likeness (QED) is 0.851. The second kappa shape index (κ2) is 5.19. The van der Waals surface area contributed by atoms with Gasteiger partial charge >= 0.3 is 0 Å². The average Bonchev–Trinajstić information content (AvgIpc) is 2.82. The van der Waals surface area contributed by atoms with E-state index in [0.717, 1.165) is 18.6 Å². The molecule has 0 unspecified atom stereocenters. The lowest BCUT2D eigenvalue weighted by Crippen LogP contribution is -2.14. The van der Waals surface area contributed by atoms with Crippen LogP contribution < -0.4 is 5.32 Å². The number of nitrogens with zero attached hydrogens (tertiary/aromatic N) is 1. The summed E-state index contributed by atoms with van der Waals surface area (Å²) in [5.74, 6) is -0.959. The fourth-order valence-corrected chi connectivity index (χ4v) is 3.44. The Kier molecular flexibility index (Phi) is 3.78. The van der Waals surface area contributed by atoms with Crippen LogP contribution >= 0.6 is 11.6 Å². The SMILES string of the molecule is N#C/C(=C1/CCCN1)S(=O)(=O)c1ccc(Cl)cc1F. The second-order valence-corrected chi connectivity index (χ2v) is 6.32. The molecule has 1 fully saturated rings. The van der Waals surface area contributed by atoms with Gasteiger partial charge in [-0.15, -0.1) is 0 Å². The topological polar surface area (TPSA) is 70.0 Å². The Morgan fingerprint density at radius 3 is 2.74 bits per heavy atom. The summed E-state index contributed by atoms with van der Waals surface area (Å²) in [6, 6.07) is 4.91. The van der Waals surface area contributed by atoms with Crippen molar-refractivity contribution in [3.05, 3.63) is 39.6 Å². The predicted octanol–water partition coefficient (Wildman–Crippen LogP) is 2.37. The molecule has 1 aliphatic rings. The zero-order valence-corrected chi connectivity index (χ0v) is 11.4. The Bertz CT molecular complexity index is 684. The van der Waals surface area contributed by atoms with E-state index in [9.17, 15) is 12.8 Å². The highest BCUT2D eigenvalue weighted by Gasteiger charge is 2.28. The second-order valence-electron chi connectivity index (χ2n) is 4.03. The highest BCUT2D eigenvalue weighted by Crippen LogP contribution is 2.27. The van der Waals surface area contributed by atoms with Crippen LogP contribution in [-0.2, 0) is 9.84 Å². The standard InChI is InChI=1S/C12H10ClFN2O2S/c13-8-3-4-11(9(14)6-8)19(17,18)12(7-15)10-2-1-5-16-10/h3-4,6,16H,1-2,5H2/b12-10+. The Hall–Kier alpha value is -1.58. The lowest BCUT2D eigenvalue weighted by atomic mass is 10.3. The van der Waals surface area contributed by atoms with Gasteiger partial charge in [-0.3, -0.25) is 0 Å². The van der Waals surface area contributed by atoms with Crippen molar-refractivity contribution in [3.63, 3.8) is 0 Å². The Morgan fingerprint density at radius 2 is 2.21 bits per heavy atom. The molecule has 0 saturated carbocycles. The third kappa shape index (κ3) is 2.57.